The van der Waals surface area contributed by atoms with E-state index < -0.39 is 5.97 Å². The molecule has 0 saturated carbocycles. The molecular weight excluding hydrogens is 408 g/mol. The Kier molecular flexibility index (Phi) is 5.73. The first kappa shape index (κ1) is 19.4. The molecule has 2 heterocycles. The Balaban J connectivity index is 1.36. The van der Waals surface area contributed by atoms with Gasteiger partial charge in [-0.1, -0.05) is 24.3 Å². The Labute approximate surface area is 175 Å². The Bertz CT molecular complexity index is 1030. The van der Waals surface area contributed by atoms with Crippen molar-refractivity contribution < 1.29 is 19.1 Å². The summed E-state index contributed by atoms with van der Waals surface area (Å²) >= 11 is 3.04. The summed E-state index contributed by atoms with van der Waals surface area (Å²) < 4.78 is 5.35. The molecule has 3 aromatic rings. The van der Waals surface area contributed by atoms with Gasteiger partial charge in [0.1, 0.15) is 6.61 Å². The predicted octanol–water partition coefficient (Wildman–Crippen LogP) is 3.89. The van der Waals surface area contributed by atoms with Gasteiger partial charge in [0.15, 0.2) is 0 Å². The molecule has 1 aliphatic rings. The van der Waals surface area contributed by atoms with Crippen LogP contribution in [0.5, 0.6) is 0 Å². The van der Waals surface area contributed by atoms with Crippen molar-refractivity contribution in [2.24, 2.45) is 0 Å². The van der Waals surface area contributed by atoms with E-state index in [2.05, 4.69) is 4.98 Å². The number of imide groups is 1. The fourth-order valence-corrected chi connectivity index (χ4v) is 4.58. The second-order valence-corrected chi connectivity index (χ2v) is 7.94. The van der Waals surface area contributed by atoms with Crippen LogP contribution in [0.2, 0.25) is 0 Å². The number of carbonyl (C=O) groups is 3. The second kappa shape index (κ2) is 8.59. The maximum absolute atomic E-state index is 12.5. The van der Waals surface area contributed by atoms with Gasteiger partial charge < -0.3 is 4.74 Å². The average molecular weight is 425 g/mol. The van der Waals surface area contributed by atoms with Gasteiger partial charge in [0, 0.05) is 16.0 Å². The molecule has 2 amide bonds. The molecule has 0 aliphatic carbocycles. The van der Waals surface area contributed by atoms with Crippen LogP contribution in [-0.4, -0.2) is 40.8 Å². The molecule has 146 valence electrons. The van der Waals surface area contributed by atoms with Gasteiger partial charge in [0.05, 0.1) is 34.4 Å². The van der Waals surface area contributed by atoms with Crippen LogP contribution in [0.15, 0.2) is 64.3 Å². The Morgan fingerprint density at radius 1 is 1.03 bits per heavy atom. The Morgan fingerprint density at radius 3 is 2.41 bits per heavy atom. The van der Waals surface area contributed by atoms with Gasteiger partial charge in [0.25, 0.3) is 11.8 Å². The minimum absolute atomic E-state index is 0.0201. The molecule has 6 nitrogen and oxygen atoms in total. The first-order valence-electron chi connectivity index (χ1n) is 8.86. The number of esters is 1. The molecule has 0 spiro atoms. The van der Waals surface area contributed by atoms with Gasteiger partial charge in [-0.15, -0.1) is 23.1 Å². The van der Waals surface area contributed by atoms with Crippen molar-refractivity contribution in [3.05, 3.63) is 81.8 Å². The quantitative estimate of drug-likeness (QED) is 0.325. The van der Waals surface area contributed by atoms with E-state index in [9.17, 15) is 14.4 Å². The highest BCUT2D eigenvalue weighted by atomic mass is 32.2. The van der Waals surface area contributed by atoms with Gasteiger partial charge in [-0.2, -0.15) is 0 Å². The summed E-state index contributed by atoms with van der Waals surface area (Å²) in [6, 6.07) is 13.9. The lowest BCUT2D eigenvalue weighted by atomic mass is 10.1. The molecule has 8 heteroatoms. The Morgan fingerprint density at radius 2 is 1.72 bits per heavy atom. The van der Waals surface area contributed by atoms with E-state index in [1.165, 1.54) is 23.1 Å². The second-order valence-electron chi connectivity index (χ2n) is 6.21. The number of thiazole rings is 1. The van der Waals surface area contributed by atoms with E-state index in [0.29, 0.717) is 22.4 Å². The molecule has 4 rings (SSSR count). The van der Waals surface area contributed by atoms with Gasteiger partial charge >= 0.3 is 5.97 Å². The molecule has 2 aromatic carbocycles. The summed E-state index contributed by atoms with van der Waals surface area (Å²) in [5, 5.41) is 1.97. The summed E-state index contributed by atoms with van der Waals surface area (Å²) in [4.78, 5) is 43.4. The van der Waals surface area contributed by atoms with Gasteiger partial charge in [-0.05, 0) is 24.3 Å². The van der Waals surface area contributed by atoms with Crippen LogP contribution in [0.4, 0.5) is 0 Å². The van der Waals surface area contributed by atoms with Gasteiger partial charge in [-0.25, -0.2) is 9.78 Å². The topological polar surface area (TPSA) is 76.6 Å². The zero-order valence-corrected chi connectivity index (χ0v) is 16.9. The van der Waals surface area contributed by atoms with Crippen LogP contribution in [0.1, 0.15) is 36.8 Å². The van der Waals surface area contributed by atoms with Crippen LogP contribution in [0.25, 0.3) is 0 Å². The number of ether oxygens (including phenoxy) is 1. The minimum Gasteiger partial charge on any atom is -0.460 e. The number of amides is 2. The maximum atomic E-state index is 12.5. The number of nitrogens with zero attached hydrogens (tertiary/aromatic N) is 2. The highest BCUT2D eigenvalue weighted by molar-refractivity contribution is 7.98. The summed E-state index contributed by atoms with van der Waals surface area (Å²) in [6.45, 7) is -0.0401. The standard InChI is InChI=1S/C21H16N2O4S2/c24-19-15-5-1-2-6-16(15)20(25)23(19)9-10-27-21(26)17-7-3-4-8-18(17)29-12-14-11-28-13-22-14/h1-8,11,13H,9-10,12H2. The van der Waals surface area contributed by atoms with E-state index in [1.807, 2.05) is 17.5 Å². The van der Waals surface area contributed by atoms with Crippen molar-refractivity contribution in [2.45, 2.75) is 10.6 Å². The lowest BCUT2D eigenvalue weighted by Crippen LogP contribution is -2.33. The molecule has 0 fully saturated rings. The van der Waals surface area contributed by atoms with Crippen LogP contribution in [-0.2, 0) is 10.5 Å². The minimum atomic E-state index is -0.483. The molecule has 1 aromatic heterocycles. The SMILES string of the molecule is O=C(OCCN1C(=O)c2ccccc2C1=O)c1ccccc1SCc1cscn1. The molecule has 0 N–H and O–H groups in total. The number of hydrogen-bond donors (Lipinski definition) is 0. The van der Waals surface area contributed by atoms with Crippen molar-refractivity contribution in [1.29, 1.82) is 0 Å². The molecule has 0 saturated heterocycles. The number of aromatic nitrogens is 1. The van der Waals surface area contributed by atoms with E-state index in [-0.39, 0.29) is 25.0 Å². The fourth-order valence-electron chi connectivity index (χ4n) is 2.97. The van der Waals surface area contributed by atoms with Crippen molar-refractivity contribution >= 4 is 40.9 Å². The molecule has 0 bridgehead atoms. The highest BCUT2D eigenvalue weighted by Gasteiger charge is 2.34. The third kappa shape index (κ3) is 4.08. The van der Waals surface area contributed by atoms with Crippen molar-refractivity contribution in [3.63, 3.8) is 0 Å². The van der Waals surface area contributed by atoms with Crippen molar-refractivity contribution in [3.8, 4) is 0 Å². The average Bonchev–Trinajstić information content (AvgIpc) is 3.35. The number of hydrogen-bond acceptors (Lipinski definition) is 7. The zero-order chi connectivity index (χ0) is 20.2. The molecule has 0 unspecified atom stereocenters. The van der Waals surface area contributed by atoms with E-state index >= 15 is 0 Å². The number of benzene rings is 2. The number of carbonyl (C=O) groups excluding carboxylic acids is 3. The summed E-state index contributed by atoms with van der Waals surface area (Å²) in [5.41, 5.74) is 3.94. The lowest BCUT2D eigenvalue weighted by Gasteiger charge is -2.14. The van der Waals surface area contributed by atoms with Crippen LogP contribution >= 0.6 is 23.1 Å². The van der Waals surface area contributed by atoms with Crippen LogP contribution < -0.4 is 0 Å². The number of fused-ring (bicyclic) bond motifs is 1. The highest BCUT2D eigenvalue weighted by Crippen LogP contribution is 2.27. The molecular formula is C21H16N2O4S2. The zero-order valence-electron chi connectivity index (χ0n) is 15.2. The first-order valence-corrected chi connectivity index (χ1v) is 10.8. The summed E-state index contributed by atoms with van der Waals surface area (Å²) in [5.74, 6) is -0.548. The normalized spacial score (nSPS) is 12.9. The Hall–Kier alpha value is -2.97. The molecule has 1 aliphatic heterocycles. The fraction of sp³-hybridized carbons (Fsp3) is 0.143. The van der Waals surface area contributed by atoms with E-state index in [1.54, 1.807) is 41.9 Å². The van der Waals surface area contributed by atoms with Crippen molar-refractivity contribution in [1.82, 2.24) is 9.88 Å². The number of rotatable bonds is 7. The molecule has 29 heavy (non-hydrogen) atoms. The first-order chi connectivity index (χ1) is 14.1. The van der Waals surface area contributed by atoms with Gasteiger partial charge in [0.2, 0.25) is 0 Å². The third-order valence-electron chi connectivity index (χ3n) is 4.39. The summed E-state index contributed by atoms with van der Waals surface area (Å²) in [7, 11) is 0. The van der Waals surface area contributed by atoms with E-state index in [0.717, 1.165) is 15.5 Å². The van der Waals surface area contributed by atoms with Gasteiger partial charge in [-0.3, -0.25) is 14.5 Å². The van der Waals surface area contributed by atoms with Crippen LogP contribution in [0, 0.1) is 0 Å². The maximum Gasteiger partial charge on any atom is 0.339 e. The number of thioether (sulfide) groups is 1. The monoisotopic (exact) mass is 424 g/mol. The largest absolute Gasteiger partial charge is 0.460 e. The molecule has 0 atom stereocenters. The van der Waals surface area contributed by atoms with E-state index in [4.69, 9.17) is 4.74 Å². The molecule has 0 radical (unpaired) electrons. The van der Waals surface area contributed by atoms with Crippen molar-refractivity contribution in [2.75, 3.05) is 13.2 Å². The lowest BCUT2D eigenvalue weighted by molar-refractivity contribution is 0.0417. The third-order valence-corrected chi connectivity index (χ3v) is 6.13. The smallest absolute Gasteiger partial charge is 0.339 e. The predicted molar refractivity (Wildman–Crippen MR) is 110 cm³/mol. The van der Waals surface area contributed by atoms with Crippen LogP contribution in [0.3, 0.4) is 0 Å². The summed E-state index contributed by atoms with van der Waals surface area (Å²) in [6.07, 6.45) is 0.